The van der Waals surface area contributed by atoms with Crippen LogP contribution in [0.2, 0.25) is 0 Å². The molecule has 2 atom stereocenters. The first-order valence-corrected chi connectivity index (χ1v) is 20.3. The molecule has 280 valence electrons. The van der Waals surface area contributed by atoms with Crippen molar-refractivity contribution in [2.45, 2.75) is 24.3 Å². The maximum Gasteiger partial charge on any atom is 0.164 e. The third-order valence-electron chi connectivity index (χ3n) is 12.5. The highest BCUT2D eigenvalue weighted by Gasteiger charge is 2.62. The molecule has 11 rings (SSSR count). The summed E-state index contributed by atoms with van der Waals surface area (Å²) >= 11 is 0. The zero-order chi connectivity index (χ0) is 39.5. The summed E-state index contributed by atoms with van der Waals surface area (Å²) in [6.07, 6.45) is 6.40. The minimum Gasteiger partial charge on any atom is -0.337 e. The van der Waals surface area contributed by atoms with E-state index in [-0.39, 0.29) is 17.4 Å². The maximum atomic E-state index is 4.99. The molecule has 0 fully saturated rings. The van der Waals surface area contributed by atoms with Gasteiger partial charge in [-0.15, -0.1) is 0 Å². The number of benzene rings is 7. The third-order valence-corrected chi connectivity index (χ3v) is 12.5. The Bertz CT molecular complexity index is 2890. The van der Waals surface area contributed by atoms with Gasteiger partial charge >= 0.3 is 0 Å². The Morgan fingerprint density at radius 2 is 1.03 bits per heavy atom. The summed E-state index contributed by atoms with van der Waals surface area (Å²) in [6.45, 7) is 6.53. The first-order valence-electron chi connectivity index (χ1n) is 20.3. The summed E-state index contributed by atoms with van der Waals surface area (Å²) < 4.78 is 0. The largest absolute Gasteiger partial charge is 0.337 e. The molecule has 4 nitrogen and oxygen atoms in total. The number of nitrogens with zero attached hydrogens (tertiary/aromatic N) is 4. The molecule has 1 spiro atoms. The van der Waals surface area contributed by atoms with Crippen LogP contribution in [-0.2, 0) is 5.41 Å². The summed E-state index contributed by atoms with van der Waals surface area (Å²) in [5.74, 6) is 2.09. The van der Waals surface area contributed by atoms with E-state index in [4.69, 9.17) is 15.0 Å². The first kappa shape index (κ1) is 34.8. The molecule has 2 heterocycles. The first-order chi connectivity index (χ1) is 29.1. The van der Waals surface area contributed by atoms with Crippen molar-refractivity contribution in [3.63, 3.8) is 0 Å². The van der Waals surface area contributed by atoms with Gasteiger partial charge in [0.1, 0.15) is 0 Å². The Morgan fingerprint density at radius 1 is 0.525 bits per heavy atom. The molecule has 7 aromatic carbocycles. The van der Waals surface area contributed by atoms with Crippen molar-refractivity contribution >= 4 is 11.3 Å². The number of para-hydroxylation sites is 1. The van der Waals surface area contributed by atoms with E-state index in [0.29, 0.717) is 17.5 Å². The lowest BCUT2D eigenvalue weighted by Crippen LogP contribution is -2.32. The molecule has 8 aromatic rings. The van der Waals surface area contributed by atoms with Gasteiger partial charge in [0, 0.05) is 34.0 Å². The Labute approximate surface area is 345 Å². The minimum atomic E-state index is -0.308. The Morgan fingerprint density at radius 3 is 1.66 bits per heavy atom. The fourth-order valence-corrected chi connectivity index (χ4v) is 10.2. The van der Waals surface area contributed by atoms with Crippen LogP contribution in [0.4, 0.5) is 5.69 Å². The van der Waals surface area contributed by atoms with Crippen LogP contribution in [0.5, 0.6) is 0 Å². The normalized spacial score (nSPS) is 16.9. The highest BCUT2D eigenvalue weighted by Crippen LogP contribution is 2.71. The van der Waals surface area contributed by atoms with Crippen LogP contribution in [0.15, 0.2) is 212 Å². The predicted molar refractivity (Wildman–Crippen MR) is 241 cm³/mol. The van der Waals surface area contributed by atoms with E-state index in [1.165, 1.54) is 50.3 Å². The van der Waals surface area contributed by atoms with Crippen LogP contribution in [0.25, 0.3) is 50.9 Å². The van der Waals surface area contributed by atoms with Crippen molar-refractivity contribution in [1.82, 2.24) is 15.0 Å². The Kier molecular flexibility index (Phi) is 8.19. The van der Waals surface area contributed by atoms with Gasteiger partial charge in [-0.2, -0.15) is 0 Å². The van der Waals surface area contributed by atoms with E-state index >= 15 is 0 Å². The lowest BCUT2D eigenvalue weighted by molar-refractivity contribution is 0.486. The molecule has 59 heavy (non-hydrogen) atoms. The molecule has 2 unspecified atom stereocenters. The molecule has 0 N–H and O–H groups in total. The van der Waals surface area contributed by atoms with Gasteiger partial charge < -0.3 is 4.90 Å². The fraction of sp³-hybridized carbons (Fsp3) is 0.0727. The lowest BCUT2D eigenvalue weighted by atomic mass is 9.65. The van der Waals surface area contributed by atoms with Gasteiger partial charge in [-0.05, 0) is 75.2 Å². The van der Waals surface area contributed by atoms with Crippen molar-refractivity contribution in [2.24, 2.45) is 0 Å². The maximum absolute atomic E-state index is 4.99. The summed E-state index contributed by atoms with van der Waals surface area (Å²) in [4.78, 5) is 17.5. The van der Waals surface area contributed by atoms with Crippen LogP contribution in [-0.4, -0.2) is 15.0 Å². The van der Waals surface area contributed by atoms with Gasteiger partial charge in [-0.3, -0.25) is 0 Å². The average molecular weight is 757 g/mol. The SMILES string of the molecule is C=C/C(=C\C=C(/C)N1c2ccccc2C2C1c1ccccc1C21c2ccccc2-c2ccccc21)c1cccc(-c2nc(-c3ccccc3)nc(-c3ccccc3)n2)c1. The quantitative estimate of drug-likeness (QED) is 0.152. The molecule has 0 saturated heterocycles. The topological polar surface area (TPSA) is 41.9 Å². The molecular weight excluding hydrogens is 717 g/mol. The van der Waals surface area contributed by atoms with Crippen molar-refractivity contribution in [2.75, 3.05) is 4.90 Å². The summed E-state index contributed by atoms with van der Waals surface area (Å²) in [6, 6.07) is 65.1. The summed E-state index contributed by atoms with van der Waals surface area (Å²) in [5.41, 5.74) is 16.6. The molecular formula is C55H40N4. The van der Waals surface area contributed by atoms with E-state index in [9.17, 15) is 0 Å². The van der Waals surface area contributed by atoms with Crippen LogP contribution < -0.4 is 4.90 Å². The Hall–Kier alpha value is -7.43. The molecule has 4 heteroatoms. The van der Waals surface area contributed by atoms with E-state index in [0.717, 1.165) is 27.8 Å². The number of allylic oxidation sites excluding steroid dienone is 5. The fourth-order valence-electron chi connectivity index (χ4n) is 10.2. The highest BCUT2D eigenvalue weighted by molar-refractivity contribution is 5.88. The molecule has 2 aliphatic carbocycles. The van der Waals surface area contributed by atoms with Gasteiger partial charge in [-0.25, -0.2) is 15.0 Å². The van der Waals surface area contributed by atoms with Gasteiger partial charge in [-0.1, -0.05) is 189 Å². The van der Waals surface area contributed by atoms with E-state index in [1.807, 2.05) is 66.7 Å². The monoisotopic (exact) mass is 756 g/mol. The van der Waals surface area contributed by atoms with Gasteiger partial charge in [0.05, 0.1) is 11.5 Å². The van der Waals surface area contributed by atoms with Gasteiger partial charge in [0.15, 0.2) is 17.5 Å². The molecule has 0 amide bonds. The summed E-state index contributed by atoms with van der Waals surface area (Å²) in [7, 11) is 0. The lowest BCUT2D eigenvalue weighted by Gasteiger charge is -2.35. The van der Waals surface area contributed by atoms with Crippen LogP contribution in [0, 0.1) is 0 Å². The van der Waals surface area contributed by atoms with Crippen molar-refractivity contribution < 1.29 is 0 Å². The number of aromatic nitrogens is 3. The number of rotatable bonds is 7. The average Bonchev–Trinajstić information content (AvgIpc) is 3.92. The van der Waals surface area contributed by atoms with Crippen molar-refractivity contribution in [3.05, 3.63) is 246 Å². The number of hydrogen-bond donors (Lipinski definition) is 0. The van der Waals surface area contributed by atoms with Gasteiger partial charge in [0.2, 0.25) is 0 Å². The molecule has 3 aliphatic rings. The molecule has 1 aliphatic heterocycles. The number of fused-ring (bicyclic) bond motifs is 12. The van der Waals surface area contributed by atoms with Crippen LogP contribution in [0.1, 0.15) is 52.3 Å². The van der Waals surface area contributed by atoms with E-state index in [1.54, 1.807) is 0 Å². The van der Waals surface area contributed by atoms with Crippen molar-refractivity contribution in [1.29, 1.82) is 0 Å². The Balaban J connectivity index is 1.01. The van der Waals surface area contributed by atoms with Crippen LogP contribution >= 0.6 is 0 Å². The van der Waals surface area contributed by atoms with Gasteiger partial charge in [0.25, 0.3) is 0 Å². The minimum absolute atomic E-state index is 0.115. The van der Waals surface area contributed by atoms with E-state index < -0.39 is 0 Å². The predicted octanol–water partition coefficient (Wildman–Crippen LogP) is 13.0. The molecule has 0 radical (unpaired) electrons. The number of hydrogen-bond acceptors (Lipinski definition) is 4. The van der Waals surface area contributed by atoms with E-state index in [2.05, 4.69) is 152 Å². The smallest absolute Gasteiger partial charge is 0.164 e. The zero-order valence-corrected chi connectivity index (χ0v) is 32.7. The second-order valence-electron chi connectivity index (χ2n) is 15.6. The van der Waals surface area contributed by atoms with Crippen molar-refractivity contribution in [3.8, 4) is 45.3 Å². The van der Waals surface area contributed by atoms with Crippen LogP contribution in [0.3, 0.4) is 0 Å². The highest BCUT2D eigenvalue weighted by atomic mass is 15.2. The second kappa shape index (κ2) is 13.9. The summed E-state index contributed by atoms with van der Waals surface area (Å²) in [5, 5.41) is 0. The third kappa shape index (κ3) is 5.33. The molecule has 0 saturated carbocycles. The zero-order valence-electron chi connectivity index (χ0n) is 32.7. The number of anilines is 1. The molecule has 0 bridgehead atoms. The standard InChI is InChI=1S/C55H40N4/c1-3-37(40-23-18-24-41(35-40)54-57-52(38-19-6-4-7-20-38)56-53(58-54)39-21-8-5-9-22-39)34-33-36(2)59-49-32-17-13-28-45(49)50-51(59)44-27-12-16-31-48(44)55(50)46-29-14-10-25-42(46)43-26-11-15-30-47(43)55/h3-35,50-51H,1H2,2H3/b36-33+,37-34+. The molecule has 1 aromatic heterocycles. The second-order valence-corrected chi connectivity index (χ2v) is 15.6.